The molecule has 0 saturated heterocycles. The van der Waals surface area contributed by atoms with E-state index in [2.05, 4.69) is 10.4 Å². The summed E-state index contributed by atoms with van der Waals surface area (Å²) < 4.78 is 46.9. The molecule has 1 amide bonds. The molecular weight excluding hydrogens is 564 g/mol. The summed E-state index contributed by atoms with van der Waals surface area (Å²) in [6.07, 6.45) is 6.58. The Morgan fingerprint density at radius 3 is 2.42 bits per heavy atom. The average Bonchev–Trinajstić information content (AvgIpc) is 3.57. The Labute approximate surface area is 242 Å². The van der Waals surface area contributed by atoms with Crippen molar-refractivity contribution >= 4 is 29.1 Å². The second-order valence-electron chi connectivity index (χ2n) is 12.1. The van der Waals surface area contributed by atoms with E-state index >= 15 is 0 Å². The highest BCUT2D eigenvalue weighted by molar-refractivity contribution is 6.30. The van der Waals surface area contributed by atoms with E-state index < -0.39 is 23.7 Å². The second-order valence-corrected chi connectivity index (χ2v) is 13.2. The van der Waals surface area contributed by atoms with Gasteiger partial charge >= 0.3 is 6.18 Å². The summed E-state index contributed by atoms with van der Waals surface area (Å²) in [6.45, 7) is 2.57. The Morgan fingerprint density at radius 1 is 1.10 bits per heavy atom. The molecule has 2 aromatic heterocycles. The number of rotatable bonds is 8. The first kappa shape index (κ1) is 29.5. The van der Waals surface area contributed by atoms with Gasteiger partial charge in [-0.2, -0.15) is 18.3 Å². The highest BCUT2D eigenvalue weighted by Crippen LogP contribution is 2.46. The maximum absolute atomic E-state index is 14.0. The lowest BCUT2D eigenvalue weighted by molar-refractivity contribution is -0.142. The highest BCUT2D eigenvalue weighted by Gasteiger charge is 2.45. The molecule has 0 aromatic carbocycles. The van der Waals surface area contributed by atoms with Crippen LogP contribution in [-0.2, 0) is 31.1 Å². The minimum atomic E-state index is -4.57. The Morgan fingerprint density at radius 2 is 1.82 bits per heavy atom. The Bertz CT molecular complexity index is 1250. The fraction of sp³-hybridized carbons (Fsp3) is 0.750. The van der Waals surface area contributed by atoms with E-state index in [4.69, 9.17) is 28.6 Å². The number of aryl methyl sites for hydroxylation is 2. The second kappa shape index (κ2) is 11.7. The molecule has 2 N–H and O–H groups in total. The fourth-order valence-corrected chi connectivity index (χ4v) is 7.50. The van der Waals surface area contributed by atoms with Gasteiger partial charge in [0, 0.05) is 61.6 Å². The Kier molecular flexibility index (Phi) is 8.67. The largest absolute Gasteiger partial charge is 0.435 e. The van der Waals surface area contributed by atoms with Gasteiger partial charge in [-0.1, -0.05) is 0 Å². The number of imidazole rings is 1. The number of hydrogen-bond acceptors (Lipinski definition) is 3. The number of aromatic nitrogens is 4. The van der Waals surface area contributed by atoms with E-state index in [0.717, 1.165) is 32.1 Å². The summed E-state index contributed by atoms with van der Waals surface area (Å²) in [6, 6.07) is 0.0219. The summed E-state index contributed by atoms with van der Waals surface area (Å²) in [4.78, 5) is 13.9. The van der Waals surface area contributed by atoms with Gasteiger partial charge in [0.05, 0.1) is 5.38 Å². The molecule has 12 heteroatoms. The SMILES string of the molecule is CCn1cc(C2CC(Cn3ccn(C)c3=N)CC(C(=O)N[C@@H](C3CC3)C3CCC(Cl)C(Cl)C3)C2)c(C(F)(F)F)n1. The Hall–Kier alpha value is -1.94. The van der Waals surface area contributed by atoms with E-state index in [1.54, 1.807) is 29.3 Å². The monoisotopic (exact) mass is 602 g/mol. The minimum absolute atomic E-state index is 0.0219. The minimum Gasteiger partial charge on any atom is -0.353 e. The van der Waals surface area contributed by atoms with Crippen molar-refractivity contribution in [1.29, 1.82) is 5.41 Å². The van der Waals surface area contributed by atoms with Gasteiger partial charge in [0.2, 0.25) is 11.5 Å². The molecule has 6 unspecified atom stereocenters. The van der Waals surface area contributed by atoms with Crippen LogP contribution in [0.4, 0.5) is 13.2 Å². The molecule has 0 aliphatic heterocycles. The van der Waals surface area contributed by atoms with Crippen LogP contribution in [0.2, 0.25) is 0 Å². The van der Waals surface area contributed by atoms with Gasteiger partial charge in [0.1, 0.15) is 0 Å². The number of alkyl halides is 5. The highest BCUT2D eigenvalue weighted by atomic mass is 35.5. The van der Waals surface area contributed by atoms with Gasteiger partial charge in [-0.3, -0.25) is 14.9 Å². The van der Waals surface area contributed by atoms with Crippen LogP contribution in [0.5, 0.6) is 0 Å². The summed E-state index contributed by atoms with van der Waals surface area (Å²) in [5.41, 5.74) is -0.364. The maximum atomic E-state index is 14.0. The van der Waals surface area contributed by atoms with Gasteiger partial charge in [-0.25, -0.2) is 0 Å². The molecule has 7 nitrogen and oxygen atoms in total. The fourth-order valence-electron chi connectivity index (χ4n) is 6.91. The van der Waals surface area contributed by atoms with Crippen molar-refractivity contribution in [3.63, 3.8) is 0 Å². The van der Waals surface area contributed by atoms with Crippen molar-refractivity contribution in [2.24, 2.45) is 30.7 Å². The van der Waals surface area contributed by atoms with Crippen molar-refractivity contribution in [3.8, 4) is 0 Å². The number of carbonyl (C=O) groups is 1. The van der Waals surface area contributed by atoms with Crippen molar-refractivity contribution < 1.29 is 18.0 Å². The summed E-state index contributed by atoms with van der Waals surface area (Å²) in [7, 11) is 1.79. The van der Waals surface area contributed by atoms with E-state index in [-0.39, 0.29) is 40.1 Å². The third kappa shape index (κ3) is 6.42. The molecule has 0 radical (unpaired) electrons. The Balaban J connectivity index is 1.39. The van der Waals surface area contributed by atoms with Gasteiger partial charge in [-0.05, 0) is 82.0 Å². The van der Waals surface area contributed by atoms with Crippen LogP contribution in [0.15, 0.2) is 18.6 Å². The lowest BCUT2D eigenvalue weighted by Gasteiger charge is -2.38. The number of hydrogen-bond donors (Lipinski definition) is 2. The molecule has 7 atom stereocenters. The average molecular weight is 604 g/mol. The first-order chi connectivity index (χ1) is 18.9. The molecule has 2 aromatic rings. The maximum Gasteiger partial charge on any atom is 0.435 e. The number of carbonyl (C=O) groups excluding carboxylic acids is 1. The normalized spacial score (nSPS) is 30.3. The summed E-state index contributed by atoms with van der Waals surface area (Å²) in [5.74, 6) is -0.338. The zero-order chi connectivity index (χ0) is 28.8. The summed E-state index contributed by atoms with van der Waals surface area (Å²) >= 11 is 12.9. The van der Waals surface area contributed by atoms with Crippen molar-refractivity contribution in [1.82, 2.24) is 24.2 Å². The molecule has 3 saturated carbocycles. The number of nitrogens with one attached hydrogen (secondary N) is 2. The van der Waals surface area contributed by atoms with Gasteiger partial charge in [0.15, 0.2) is 5.69 Å². The van der Waals surface area contributed by atoms with E-state index in [1.165, 1.54) is 10.9 Å². The molecule has 0 spiro atoms. The van der Waals surface area contributed by atoms with Gasteiger partial charge in [-0.15, -0.1) is 23.2 Å². The smallest absolute Gasteiger partial charge is 0.353 e. The van der Waals surface area contributed by atoms with Gasteiger partial charge in [0.25, 0.3) is 0 Å². The standard InChI is InChI=1S/C28H39Cl2F3N6O/c1-3-39-15-21(25(36-39)28(31,32)33)19-10-16(14-38-9-8-37(2)27(38)34)11-20(12-19)26(40)35-24(17-4-5-17)18-6-7-22(29)23(30)13-18/h8-9,15-20,22-24,34H,3-7,10-14H2,1-2H3,(H,35,40)/t16?,18?,19?,20?,22?,23?,24-/m0/s1. The predicted molar refractivity (Wildman–Crippen MR) is 147 cm³/mol. The topological polar surface area (TPSA) is 80.6 Å². The van der Waals surface area contributed by atoms with Crippen LogP contribution in [-0.4, -0.2) is 41.6 Å². The molecule has 40 heavy (non-hydrogen) atoms. The molecule has 3 aliphatic carbocycles. The van der Waals surface area contributed by atoms with Crippen LogP contribution in [0.3, 0.4) is 0 Å². The molecular formula is C28H39Cl2F3N6O. The molecule has 2 heterocycles. The van der Waals surface area contributed by atoms with Crippen LogP contribution in [0.25, 0.3) is 0 Å². The van der Waals surface area contributed by atoms with Crippen molar-refractivity contribution in [2.75, 3.05) is 0 Å². The van der Waals surface area contributed by atoms with Gasteiger partial charge < -0.3 is 14.5 Å². The predicted octanol–water partition coefficient (Wildman–Crippen LogP) is 5.65. The third-order valence-corrected chi connectivity index (χ3v) is 10.3. The zero-order valence-corrected chi connectivity index (χ0v) is 24.5. The number of nitrogens with zero attached hydrogens (tertiary/aromatic N) is 4. The quantitative estimate of drug-likeness (QED) is 0.383. The van der Waals surface area contributed by atoms with Crippen LogP contribution < -0.4 is 10.9 Å². The van der Waals surface area contributed by atoms with E-state index in [9.17, 15) is 18.0 Å². The zero-order valence-electron chi connectivity index (χ0n) is 23.0. The van der Waals surface area contributed by atoms with Crippen LogP contribution >= 0.6 is 23.2 Å². The summed E-state index contributed by atoms with van der Waals surface area (Å²) in [5, 5.41) is 15.4. The number of halogens is 5. The molecule has 222 valence electrons. The molecule has 3 fully saturated rings. The lowest BCUT2D eigenvalue weighted by Crippen LogP contribution is -2.48. The number of amides is 1. The van der Waals surface area contributed by atoms with Crippen molar-refractivity contribution in [2.45, 2.75) is 100 Å². The van der Waals surface area contributed by atoms with E-state index in [0.29, 0.717) is 43.9 Å². The molecule has 3 aliphatic rings. The van der Waals surface area contributed by atoms with E-state index in [1.807, 2.05) is 6.20 Å². The molecule has 5 rings (SSSR count). The van der Waals surface area contributed by atoms with Crippen LogP contribution in [0.1, 0.15) is 75.5 Å². The third-order valence-electron chi connectivity index (χ3n) is 9.21. The lowest BCUT2D eigenvalue weighted by atomic mass is 9.72. The first-order valence-electron chi connectivity index (χ1n) is 14.4. The van der Waals surface area contributed by atoms with Crippen molar-refractivity contribution in [3.05, 3.63) is 35.5 Å². The van der Waals surface area contributed by atoms with Crippen LogP contribution in [0, 0.1) is 29.1 Å². The molecule has 0 bridgehead atoms. The first-order valence-corrected chi connectivity index (χ1v) is 15.3.